The predicted octanol–water partition coefficient (Wildman–Crippen LogP) is 3.04. The maximum Gasteiger partial charge on any atom is 0.232 e. The second-order valence-electron chi connectivity index (χ2n) is 7.03. The van der Waals surface area contributed by atoms with Crippen molar-refractivity contribution in [2.75, 3.05) is 0 Å². The predicted molar refractivity (Wildman–Crippen MR) is 92.8 cm³/mol. The minimum Gasteiger partial charge on any atom is -0.363 e. The minimum absolute atomic E-state index is 0.0301. The van der Waals surface area contributed by atoms with Crippen LogP contribution in [0.1, 0.15) is 42.0 Å². The third-order valence-corrected chi connectivity index (χ3v) is 6.14. The van der Waals surface area contributed by atoms with E-state index in [9.17, 15) is 9.59 Å². The van der Waals surface area contributed by atoms with Crippen molar-refractivity contribution < 1.29 is 4.79 Å². The van der Waals surface area contributed by atoms with Gasteiger partial charge in [-0.2, -0.15) is 0 Å². The topological polar surface area (TPSA) is 62.0 Å². The van der Waals surface area contributed by atoms with Crippen LogP contribution in [0.2, 0.25) is 0 Å². The first-order valence-corrected chi connectivity index (χ1v) is 8.67. The number of aromatic amines is 1. The number of thiophene rings is 1. The number of pyridine rings is 1. The smallest absolute Gasteiger partial charge is 0.232 e. The average molecular weight is 330 g/mol. The zero-order chi connectivity index (χ0) is 16.8. The fraction of sp³-hybridized carbons (Fsp3) is 0.444. The summed E-state index contributed by atoms with van der Waals surface area (Å²) in [6.45, 7) is 8.19. The summed E-state index contributed by atoms with van der Waals surface area (Å²) in [5.41, 5.74) is 1.71. The number of nitrogens with one attached hydrogen (secondary N) is 2. The van der Waals surface area contributed by atoms with Crippen molar-refractivity contribution in [1.29, 1.82) is 0 Å². The van der Waals surface area contributed by atoms with Crippen LogP contribution in [0, 0.1) is 19.3 Å². The zero-order valence-corrected chi connectivity index (χ0v) is 14.8. The molecule has 2 heterocycles. The quantitative estimate of drug-likeness (QED) is 0.905. The molecule has 122 valence electrons. The molecule has 5 heteroatoms. The number of hydrogen-bond donors (Lipinski definition) is 2. The van der Waals surface area contributed by atoms with E-state index >= 15 is 0 Å². The standard InChI is InChI=1S/C18H22N2O2S/c1-11-8-19-13(12(2)15(11)21)9-20-16(22)18(10-17(18,3)4)14-6-5-7-23-14/h5-8H,9-10H2,1-4H3,(H,19,21)(H,20,22). The van der Waals surface area contributed by atoms with Crippen LogP contribution in [-0.4, -0.2) is 10.9 Å². The number of amides is 1. The highest BCUT2D eigenvalue weighted by Gasteiger charge is 2.67. The highest BCUT2D eigenvalue weighted by atomic mass is 32.1. The van der Waals surface area contributed by atoms with E-state index in [4.69, 9.17) is 0 Å². The molecule has 0 radical (unpaired) electrons. The second-order valence-corrected chi connectivity index (χ2v) is 7.98. The van der Waals surface area contributed by atoms with Crippen molar-refractivity contribution in [2.24, 2.45) is 5.41 Å². The first-order valence-electron chi connectivity index (χ1n) is 7.79. The van der Waals surface area contributed by atoms with Crippen molar-refractivity contribution in [3.63, 3.8) is 0 Å². The van der Waals surface area contributed by atoms with Crippen molar-refractivity contribution in [2.45, 2.75) is 46.1 Å². The van der Waals surface area contributed by atoms with E-state index in [-0.39, 0.29) is 16.8 Å². The summed E-state index contributed by atoms with van der Waals surface area (Å²) in [5.74, 6) is 0.0470. The Morgan fingerprint density at radius 2 is 2.09 bits per heavy atom. The molecule has 1 atom stereocenters. The van der Waals surface area contributed by atoms with Gasteiger partial charge in [-0.25, -0.2) is 0 Å². The lowest BCUT2D eigenvalue weighted by Crippen LogP contribution is -2.37. The molecule has 0 bridgehead atoms. The van der Waals surface area contributed by atoms with Crippen LogP contribution >= 0.6 is 11.3 Å². The molecule has 2 N–H and O–H groups in total. The molecule has 1 fully saturated rings. The molecule has 0 aromatic carbocycles. The number of carbonyl (C=O) groups excluding carboxylic acids is 1. The van der Waals surface area contributed by atoms with Gasteiger partial charge in [-0.05, 0) is 37.1 Å². The van der Waals surface area contributed by atoms with E-state index in [1.165, 1.54) is 0 Å². The molecule has 4 nitrogen and oxygen atoms in total. The van der Waals surface area contributed by atoms with E-state index in [2.05, 4.69) is 24.1 Å². The van der Waals surface area contributed by atoms with Crippen LogP contribution in [0.5, 0.6) is 0 Å². The molecule has 1 aliphatic rings. The summed E-state index contributed by atoms with van der Waals surface area (Å²) in [7, 11) is 0. The van der Waals surface area contributed by atoms with E-state index < -0.39 is 5.41 Å². The highest BCUT2D eigenvalue weighted by molar-refractivity contribution is 7.10. The van der Waals surface area contributed by atoms with Gasteiger partial charge in [0.05, 0.1) is 12.0 Å². The van der Waals surface area contributed by atoms with Crippen molar-refractivity contribution in [3.05, 3.63) is 55.6 Å². The van der Waals surface area contributed by atoms with E-state index in [1.807, 2.05) is 17.5 Å². The second kappa shape index (κ2) is 5.34. The summed E-state index contributed by atoms with van der Waals surface area (Å²) < 4.78 is 0. The maximum atomic E-state index is 12.9. The van der Waals surface area contributed by atoms with Crippen molar-refractivity contribution >= 4 is 17.2 Å². The molecule has 3 rings (SSSR count). The third-order valence-electron chi connectivity index (χ3n) is 5.11. The number of H-pyrrole nitrogens is 1. The Hall–Kier alpha value is -1.88. The van der Waals surface area contributed by atoms with E-state index in [0.29, 0.717) is 17.7 Å². The van der Waals surface area contributed by atoms with Gasteiger partial charge >= 0.3 is 0 Å². The fourth-order valence-electron chi connectivity index (χ4n) is 3.37. The third kappa shape index (κ3) is 2.43. The first kappa shape index (κ1) is 16.0. The average Bonchev–Trinajstić information content (AvgIpc) is 2.90. The molecule has 1 saturated carbocycles. The molecule has 1 amide bonds. The number of aryl methyl sites for hydroxylation is 1. The summed E-state index contributed by atoms with van der Waals surface area (Å²) in [4.78, 5) is 29.1. The molecule has 1 aliphatic carbocycles. The number of carbonyl (C=O) groups is 1. The van der Waals surface area contributed by atoms with Gasteiger partial charge in [0.1, 0.15) is 0 Å². The number of rotatable bonds is 4. The molecule has 0 spiro atoms. The van der Waals surface area contributed by atoms with Gasteiger partial charge in [0.2, 0.25) is 5.91 Å². The van der Waals surface area contributed by atoms with Gasteiger partial charge in [-0.3, -0.25) is 9.59 Å². The molecule has 2 aromatic rings. The van der Waals surface area contributed by atoms with Crippen LogP contribution in [0.15, 0.2) is 28.5 Å². The highest BCUT2D eigenvalue weighted by Crippen LogP contribution is 2.65. The van der Waals surface area contributed by atoms with Gasteiger partial charge in [-0.1, -0.05) is 19.9 Å². The Kier molecular flexibility index (Phi) is 3.71. The van der Waals surface area contributed by atoms with Crippen LogP contribution in [-0.2, 0) is 16.8 Å². The minimum atomic E-state index is -0.430. The van der Waals surface area contributed by atoms with Gasteiger partial charge in [-0.15, -0.1) is 11.3 Å². The molecule has 1 unspecified atom stereocenters. The van der Waals surface area contributed by atoms with Crippen LogP contribution in [0.4, 0.5) is 0 Å². The summed E-state index contributed by atoms with van der Waals surface area (Å²) in [6, 6.07) is 4.03. The Bertz CT molecular complexity index is 805. The van der Waals surface area contributed by atoms with E-state index in [0.717, 1.165) is 17.0 Å². The van der Waals surface area contributed by atoms with Gasteiger partial charge in [0.25, 0.3) is 0 Å². The van der Waals surface area contributed by atoms with Gasteiger partial charge < -0.3 is 10.3 Å². The molecule has 0 aliphatic heterocycles. The van der Waals surface area contributed by atoms with Crippen LogP contribution in [0.25, 0.3) is 0 Å². The molecule has 0 saturated heterocycles. The van der Waals surface area contributed by atoms with Gasteiger partial charge in [0.15, 0.2) is 5.43 Å². The number of hydrogen-bond acceptors (Lipinski definition) is 3. The Morgan fingerprint density at radius 1 is 1.39 bits per heavy atom. The maximum absolute atomic E-state index is 12.9. The normalized spacial score (nSPS) is 21.9. The summed E-state index contributed by atoms with van der Waals surface area (Å²) >= 11 is 1.63. The SMILES string of the molecule is Cc1c[nH]c(CNC(=O)C2(c3cccs3)CC2(C)C)c(C)c1=O. The summed E-state index contributed by atoms with van der Waals surface area (Å²) in [5, 5.41) is 5.04. The Labute approximate surface area is 140 Å². The van der Waals surface area contributed by atoms with E-state index in [1.54, 1.807) is 31.4 Å². The molecule has 23 heavy (non-hydrogen) atoms. The largest absolute Gasteiger partial charge is 0.363 e. The van der Waals surface area contributed by atoms with Crippen LogP contribution < -0.4 is 10.7 Å². The molecular formula is C18H22N2O2S. The monoisotopic (exact) mass is 330 g/mol. The lowest BCUT2D eigenvalue weighted by atomic mass is 9.93. The Morgan fingerprint density at radius 3 is 2.65 bits per heavy atom. The van der Waals surface area contributed by atoms with Crippen molar-refractivity contribution in [1.82, 2.24) is 10.3 Å². The molecular weight excluding hydrogens is 308 g/mol. The lowest BCUT2D eigenvalue weighted by Gasteiger charge is -2.19. The van der Waals surface area contributed by atoms with Gasteiger partial charge in [0, 0.05) is 27.9 Å². The number of aromatic nitrogens is 1. The van der Waals surface area contributed by atoms with Crippen LogP contribution in [0.3, 0.4) is 0 Å². The summed E-state index contributed by atoms with van der Waals surface area (Å²) in [6.07, 6.45) is 2.56. The lowest BCUT2D eigenvalue weighted by molar-refractivity contribution is -0.124. The Balaban J connectivity index is 1.80. The fourth-order valence-corrected chi connectivity index (χ4v) is 4.47. The zero-order valence-electron chi connectivity index (χ0n) is 13.9. The van der Waals surface area contributed by atoms with Crippen molar-refractivity contribution in [3.8, 4) is 0 Å². The molecule has 2 aromatic heterocycles. The first-order chi connectivity index (χ1) is 10.8.